The Bertz CT molecular complexity index is 223. The molecule has 1 aliphatic rings. The fourth-order valence-corrected chi connectivity index (χ4v) is 3.57. The Hall–Kier alpha value is -0.120. The Morgan fingerprint density at radius 3 is 2.42 bits per heavy atom. The minimum atomic E-state index is 0.514. The number of likely N-dealkylation sites (N-methyl/N-ethyl adjacent to an activating group) is 2. The van der Waals surface area contributed by atoms with E-state index >= 15 is 0 Å². The van der Waals surface area contributed by atoms with Gasteiger partial charge in [0.15, 0.2) is 0 Å². The lowest BCUT2D eigenvalue weighted by molar-refractivity contribution is 0.0503. The van der Waals surface area contributed by atoms with Gasteiger partial charge in [0, 0.05) is 25.2 Å². The third-order valence-electron chi connectivity index (χ3n) is 4.46. The van der Waals surface area contributed by atoms with Gasteiger partial charge in [-0.05, 0) is 32.9 Å². The number of methoxy groups -OCH3 is 1. The third-order valence-corrected chi connectivity index (χ3v) is 4.46. The largest absolute Gasteiger partial charge is 0.383 e. The zero-order valence-electron chi connectivity index (χ0n) is 13.5. The molecule has 0 aromatic carbocycles. The van der Waals surface area contributed by atoms with Crippen LogP contribution in [0.3, 0.4) is 0 Å². The lowest BCUT2D eigenvalue weighted by Crippen LogP contribution is -2.54. The molecule has 0 aliphatic heterocycles. The number of nitrogens with one attached hydrogen (secondary N) is 1. The Morgan fingerprint density at radius 1 is 1.16 bits per heavy atom. The molecule has 1 fully saturated rings. The molecule has 3 unspecified atom stereocenters. The van der Waals surface area contributed by atoms with Gasteiger partial charge in [0.1, 0.15) is 0 Å². The van der Waals surface area contributed by atoms with Crippen LogP contribution in [0.1, 0.15) is 59.3 Å². The van der Waals surface area contributed by atoms with E-state index < -0.39 is 0 Å². The smallest absolute Gasteiger partial charge is 0.0615 e. The third kappa shape index (κ3) is 5.41. The number of hydrogen-bond acceptors (Lipinski definition) is 3. The molecule has 0 radical (unpaired) electrons. The van der Waals surface area contributed by atoms with Crippen molar-refractivity contribution in [1.29, 1.82) is 0 Å². The maximum atomic E-state index is 5.37. The molecule has 0 aromatic rings. The Labute approximate surface area is 120 Å². The van der Waals surface area contributed by atoms with Crippen LogP contribution < -0.4 is 5.32 Å². The molecule has 19 heavy (non-hydrogen) atoms. The highest BCUT2D eigenvalue weighted by molar-refractivity contribution is 4.87. The highest BCUT2D eigenvalue weighted by Crippen LogP contribution is 2.23. The normalized spacial score (nSPS) is 27.0. The zero-order valence-corrected chi connectivity index (χ0v) is 13.5. The molecular weight excluding hydrogens is 236 g/mol. The summed E-state index contributed by atoms with van der Waals surface area (Å²) in [5, 5.41) is 3.73. The van der Waals surface area contributed by atoms with Crippen LogP contribution in [0.4, 0.5) is 0 Å². The first-order valence-corrected chi connectivity index (χ1v) is 8.22. The fraction of sp³-hybridized carbons (Fsp3) is 1.00. The molecule has 0 bridgehead atoms. The summed E-state index contributed by atoms with van der Waals surface area (Å²) in [7, 11) is 1.81. The lowest BCUT2D eigenvalue weighted by atomic mass is 9.90. The van der Waals surface area contributed by atoms with Gasteiger partial charge in [0.2, 0.25) is 0 Å². The maximum Gasteiger partial charge on any atom is 0.0615 e. The predicted molar refractivity (Wildman–Crippen MR) is 82.7 cm³/mol. The van der Waals surface area contributed by atoms with Crippen LogP contribution in [0.5, 0.6) is 0 Å². The first kappa shape index (κ1) is 16.9. The average Bonchev–Trinajstić information content (AvgIpc) is 2.37. The van der Waals surface area contributed by atoms with Crippen LogP contribution in [0.25, 0.3) is 0 Å². The SMILES string of the molecule is CCNC1CCCCCCC1N(CC)C(C)COC. The van der Waals surface area contributed by atoms with Gasteiger partial charge >= 0.3 is 0 Å². The number of rotatable bonds is 7. The van der Waals surface area contributed by atoms with E-state index in [1.807, 2.05) is 7.11 Å². The van der Waals surface area contributed by atoms with Gasteiger partial charge in [-0.15, -0.1) is 0 Å². The summed E-state index contributed by atoms with van der Waals surface area (Å²) in [5.74, 6) is 0. The van der Waals surface area contributed by atoms with E-state index in [-0.39, 0.29) is 0 Å². The van der Waals surface area contributed by atoms with Crippen molar-refractivity contribution in [2.75, 3.05) is 26.8 Å². The Kier molecular flexibility index (Phi) is 8.67. The molecule has 3 nitrogen and oxygen atoms in total. The van der Waals surface area contributed by atoms with E-state index in [0.717, 1.165) is 19.7 Å². The highest BCUT2D eigenvalue weighted by atomic mass is 16.5. The molecule has 1 N–H and O–H groups in total. The molecular formula is C16H34N2O. The molecule has 114 valence electrons. The summed E-state index contributed by atoms with van der Waals surface area (Å²) < 4.78 is 5.37. The molecule has 3 atom stereocenters. The van der Waals surface area contributed by atoms with Crippen molar-refractivity contribution in [1.82, 2.24) is 10.2 Å². The van der Waals surface area contributed by atoms with Gasteiger partial charge in [0.05, 0.1) is 6.61 Å². The standard InChI is InChI=1S/C16H34N2O/c1-5-17-15-11-9-7-8-10-12-16(15)18(6-2)14(3)13-19-4/h14-17H,5-13H2,1-4H3. The topological polar surface area (TPSA) is 24.5 Å². The average molecular weight is 270 g/mol. The van der Waals surface area contributed by atoms with Gasteiger partial charge in [-0.2, -0.15) is 0 Å². The van der Waals surface area contributed by atoms with Gasteiger partial charge in [-0.25, -0.2) is 0 Å². The van der Waals surface area contributed by atoms with Crippen molar-refractivity contribution in [2.24, 2.45) is 0 Å². The highest BCUT2D eigenvalue weighted by Gasteiger charge is 2.29. The van der Waals surface area contributed by atoms with E-state index in [0.29, 0.717) is 18.1 Å². The summed E-state index contributed by atoms with van der Waals surface area (Å²) in [6.07, 6.45) is 8.24. The van der Waals surface area contributed by atoms with Crippen LogP contribution in [-0.2, 0) is 4.74 Å². The van der Waals surface area contributed by atoms with Crippen LogP contribution >= 0.6 is 0 Å². The zero-order chi connectivity index (χ0) is 14.1. The van der Waals surface area contributed by atoms with Crippen molar-refractivity contribution in [3.63, 3.8) is 0 Å². The quantitative estimate of drug-likeness (QED) is 0.769. The summed E-state index contributed by atoms with van der Waals surface area (Å²) in [6, 6.07) is 1.85. The fourth-order valence-electron chi connectivity index (χ4n) is 3.57. The van der Waals surface area contributed by atoms with Gasteiger partial charge < -0.3 is 10.1 Å². The molecule has 3 heteroatoms. The van der Waals surface area contributed by atoms with E-state index in [2.05, 4.69) is 31.0 Å². The minimum Gasteiger partial charge on any atom is -0.383 e. The minimum absolute atomic E-state index is 0.514. The number of hydrogen-bond donors (Lipinski definition) is 1. The molecule has 0 saturated heterocycles. The van der Waals surface area contributed by atoms with E-state index in [4.69, 9.17) is 4.74 Å². The molecule has 0 heterocycles. The van der Waals surface area contributed by atoms with Crippen LogP contribution in [0, 0.1) is 0 Å². The molecule has 1 saturated carbocycles. The second-order valence-electron chi connectivity index (χ2n) is 5.86. The summed E-state index contributed by atoms with van der Waals surface area (Å²) >= 11 is 0. The molecule has 0 aromatic heterocycles. The van der Waals surface area contributed by atoms with Crippen molar-refractivity contribution >= 4 is 0 Å². The first-order chi connectivity index (χ1) is 9.24. The number of ether oxygens (including phenoxy) is 1. The molecule has 0 spiro atoms. The van der Waals surface area contributed by atoms with Crippen molar-refractivity contribution in [2.45, 2.75) is 77.4 Å². The summed E-state index contributed by atoms with van der Waals surface area (Å²) in [5.41, 5.74) is 0. The lowest BCUT2D eigenvalue weighted by Gasteiger charge is -2.41. The van der Waals surface area contributed by atoms with Gasteiger partial charge in [-0.1, -0.05) is 39.5 Å². The molecule has 1 rings (SSSR count). The van der Waals surface area contributed by atoms with Gasteiger partial charge in [-0.3, -0.25) is 4.90 Å². The molecule has 1 aliphatic carbocycles. The summed E-state index contributed by atoms with van der Waals surface area (Å²) in [4.78, 5) is 2.65. The van der Waals surface area contributed by atoms with Crippen molar-refractivity contribution in [3.8, 4) is 0 Å². The van der Waals surface area contributed by atoms with Gasteiger partial charge in [0.25, 0.3) is 0 Å². The van der Waals surface area contributed by atoms with E-state index in [1.165, 1.54) is 38.5 Å². The molecule has 0 amide bonds. The van der Waals surface area contributed by atoms with Crippen LogP contribution in [0.2, 0.25) is 0 Å². The van der Waals surface area contributed by atoms with Crippen LogP contribution in [-0.4, -0.2) is 49.8 Å². The second-order valence-corrected chi connectivity index (χ2v) is 5.86. The van der Waals surface area contributed by atoms with E-state index in [1.54, 1.807) is 0 Å². The number of nitrogens with zero attached hydrogens (tertiary/aromatic N) is 1. The Balaban J connectivity index is 2.73. The Morgan fingerprint density at radius 2 is 1.84 bits per heavy atom. The van der Waals surface area contributed by atoms with Crippen molar-refractivity contribution < 1.29 is 4.74 Å². The first-order valence-electron chi connectivity index (χ1n) is 8.22. The van der Waals surface area contributed by atoms with Crippen LogP contribution in [0.15, 0.2) is 0 Å². The predicted octanol–water partition coefficient (Wildman–Crippen LogP) is 3.04. The maximum absolute atomic E-state index is 5.37. The second kappa shape index (κ2) is 9.73. The summed E-state index contributed by atoms with van der Waals surface area (Å²) in [6.45, 7) is 9.85. The van der Waals surface area contributed by atoms with Crippen molar-refractivity contribution in [3.05, 3.63) is 0 Å². The monoisotopic (exact) mass is 270 g/mol. The van der Waals surface area contributed by atoms with E-state index in [9.17, 15) is 0 Å².